The third-order valence-corrected chi connectivity index (χ3v) is 5.91. The topological polar surface area (TPSA) is 72.9 Å². The lowest BCUT2D eigenvalue weighted by Gasteiger charge is -2.43. The zero-order chi connectivity index (χ0) is 23.5. The molecule has 33 heavy (non-hydrogen) atoms. The Hall–Kier alpha value is -3.87. The van der Waals surface area contributed by atoms with Crippen molar-refractivity contribution in [3.63, 3.8) is 0 Å². The van der Waals surface area contributed by atoms with Crippen molar-refractivity contribution in [2.24, 2.45) is 0 Å². The maximum absolute atomic E-state index is 14.1. The second-order valence-corrected chi connectivity index (χ2v) is 8.30. The molecule has 1 saturated heterocycles. The highest BCUT2D eigenvalue weighted by Crippen LogP contribution is 2.31. The second kappa shape index (κ2) is 9.32. The minimum atomic E-state index is -1.10. The van der Waals surface area contributed by atoms with Crippen molar-refractivity contribution in [1.82, 2.24) is 0 Å². The zero-order valence-corrected chi connectivity index (χ0v) is 18.6. The Bertz CT molecular complexity index is 1200. The molecule has 0 radical (unpaired) electrons. The number of hydrogen-bond donors (Lipinski definition) is 2. The van der Waals surface area contributed by atoms with Crippen molar-refractivity contribution in [3.05, 3.63) is 89.2 Å². The number of carboxylic acid groups (broad SMARTS) is 1. The van der Waals surface area contributed by atoms with Gasteiger partial charge in [-0.1, -0.05) is 24.3 Å². The second-order valence-electron chi connectivity index (χ2n) is 8.30. The SMILES string of the molecule is Cc1cccc(N2CCN(c3ccc(C(=O)O)cc3NC(=O)c3ccccc3F)CC2C)c1. The minimum Gasteiger partial charge on any atom is -0.478 e. The lowest BCUT2D eigenvalue weighted by Crippen LogP contribution is -2.52. The lowest BCUT2D eigenvalue weighted by molar-refractivity contribution is 0.0696. The van der Waals surface area contributed by atoms with Crippen LogP contribution in [-0.4, -0.2) is 42.7 Å². The molecule has 1 fully saturated rings. The van der Waals surface area contributed by atoms with Crippen LogP contribution in [0.25, 0.3) is 0 Å². The van der Waals surface area contributed by atoms with E-state index in [2.05, 4.69) is 47.2 Å². The van der Waals surface area contributed by atoms with Crippen molar-refractivity contribution in [1.29, 1.82) is 0 Å². The number of rotatable bonds is 5. The van der Waals surface area contributed by atoms with Crippen LogP contribution in [0.15, 0.2) is 66.7 Å². The largest absolute Gasteiger partial charge is 0.478 e. The predicted molar refractivity (Wildman–Crippen MR) is 128 cm³/mol. The van der Waals surface area contributed by atoms with Crippen LogP contribution in [0.1, 0.15) is 33.2 Å². The third kappa shape index (κ3) is 4.82. The zero-order valence-electron chi connectivity index (χ0n) is 18.6. The number of amides is 1. The fraction of sp³-hybridized carbons (Fsp3) is 0.231. The van der Waals surface area contributed by atoms with Crippen LogP contribution in [0.2, 0.25) is 0 Å². The number of nitrogens with one attached hydrogen (secondary N) is 1. The van der Waals surface area contributed by atoms with Crippen molar-refractivity contribution in [3.8, 4) is 0 Å². The monoisotopic (exact) mass is 447 g/mol. The summed E-state index contributed by atoms with van der Waals surface area (Å²) in [6.45, 7) is 6.35. The molecule has 170 valence electrons. The van der Waals surface area contributed by atoms with Crippen molar-refractivity contribution in [2.45, 2.75) is 19.9 Å². The molecule has 3 aromatic carbocycles. The molecule has 0 aromatic heterocycles. The number of carbonyl (C=O) groups excluding carboxylic acids is 1. The number of aryl methyl sites for hydroxylation is 1. The molecule has 0 saturated carbocycles. The van der Waals surface area contributed by atoms with Crippen LogP contribution in [0.4, 0.5) is 21.5 Å². The molecule has 1 aliphatic rings. The van der Waals surface area contributed by atoms with E-state index in [4.69, 9.17) is 0 Å². The van der Waals surface area contributed by atoms with E-state index < -0.39 is 17.7 Å². The number of nitrogens with zero attached hydrogens (tertiary/aromatic N) is 2. The number of carboxylic acids is 1. The standard InChI is InChI=1S/C26H26FN3O3/c1-17-6-5-7-20(14-17)30-13-12-29(16-18(30)2)24-11-10-19(26(32)33)15-23(24)28-25(31)21-8-3-4-9-22(21)27/h3-11,14-15,18H,12-13,16H2,1-2H3,(H,28,31)(H,32,33). The number of halogens is 1. The Kier molecular flexibility index (Phi) is 6.31. The molecule has 1 aliphatic heterocycles. The van der Waals surface area contributed by atoms with Crippen LogP contribution in [0.3, 0.4) is 0 Å². The van der Waals surface area contributed by atoms with Gasteiger partial charge in [0.2, 0.25) is 0 Å². The normalized spacial score (nSPS) is 15.9. The van der Waals surface area contributed by atoms with E-state index in [0.29, 0.717) is 24.5 Å². The minimum absolute atomic E-state index is 0.0500. The van der Waals surface area contributed by atoms with Crippen molar-refractivity contribution >= 4 is 28.9 Å². The van der Waals surface area contributed by atoms with E-state index in [1.165, 1.54) is 35.9 Å². The van der Waals surface area contributed by atoms with E-state index in [1.54, 1.807) is 12.1 Å². The molecule has 1 unspecified atom stereocenters. The molecule has 1 amide bonds. The molecule has 6 nitrogen and oxygen atoms in total. The van der Waals surface area contributed by atoms with Crippen LogP contribution < -0.4 is 15.1 Å². The Morgan fingerprint density at radius 3 is 2.52 bits per heavy atom. The first kappa shape index (κ1) is 22.3. The molecular weight excluding hydrogens is 421 g/mol. The number of benzene rings is 3. The summed E-state index contributed by atoms with van der Waals surface area (Å²) in [6.07, 6.45) is 0. The quantitative estimate of drug-likeness (QED) is 0.588. The van der Waals surface area contributed by atoms with Crippen molar-refractivity contribution in [2.75, 3.05) is 34.8 Å². The van der Waals surface area contributed by atoms with E-state index in [-0.39, 0.29) is 17.2 Å². The maximum Gasteiger partial charge on any atom is 0.335 e. The van der Waals surface area contributed by atoms with Gasteiger partial charge in [0.05, 0.1) is 22.5 Å². The smallest absolute Gasteiger partial charge is 0.335 e. The molecule has 1 heterocycles. The molecule has 0 aliphatic carbocycles. The Morgan fingerprint density at radius 1 is 1.03 bits per heavy atom. The van der Waals surface area contributed by atoms with Gasteiger partial charge in [-0.3, -0.25) is 4.79 Å². The van der Waals surface area contributed by atoms with Gasteiger partial charge in [-0.05, 0) is 61.9 Å². The average Bonchev–Trinajstić information content (AvgIpc) is 2.79. The van der Waals surface area contributed by atoms with Crippen LogP contribution >= 0.6 is 0 Å². The molecule has 0 bridgehead atoms. The van der Waals surface area contributed by atoms with Gasteiger partial charge in [0.25, 0.3) is 5.91 Å². The number of piperazine rings is 1. The van der Waals surface area contributed by atoms with E-state index in [9.17, 15) is 19.1 Å². The van der Waals surface area contributed by atoms with Gasteiger partial charge < -0.3 is 20.2 Å². The van der Waals surface area contributed by atoms with Gasteiger partial charge in [-0.25, -0.2) is 9.18 Å². The van der Waals surface area contributed by atoms with E-state index >= 15 is 0 Å². The highest BCUT2D eigenvalue weighted by molar-refractivity contribution is 6.07. The lowest BCUT2D eigenvalue weighted by atomic mass is 10.1. The highest BCUT2D eigenvalue weighted by Gasteiger charge is 2.26. The highest BCUT2D eigenvalue weighted by atomic mass is 19.1. The third-order valence-electron chi connectivity index (χ3n) is 5.91. The molecule has 7 heteroatoms. The average molecular weight is 448 g/mol. The molecule has 0 spiro atoms. The van der Waals surface area contributed by atoms with E-state index in [1.807, 2.05) is 6.07 Å². The van der Waals surface area contributed by atoms with Crippen molar-refractivity contribution < 1.29 is 19.1 Å². The molecule has 3 aromatic rings. The first-order valence-electron chi connectivity index (χ1n) is 10.8. The summed E-state index contributed by atoms with van der Waals surface area (Å²) in [5.74, 6) is -2.35. The van der Waals surface area contributed by atoms with Crippen LogP contribution in [0.5, 0.6) is 0 Å². The summed E-state index contributed by atoms with van der Waals surface area (Å²) < 4.78 is 14.1. The summed E-state index contributed by atoms with van der Waals surface area (Å²) in [4.78, 5) is 28.8. The predicted octanol–water partition coefficient (Wildman–Crippen LogP) is 4.80. The van der Waals surface area contributed by atoms with E-state index in [0.717, 1.165) is 12.2 Å². The molecular formula is C26H26FN3O3. The molecule has 1 atom stereocenters. The Balaban J connectivity index is 1.60. The number of hydrogen-bond acceptors (Lipinski definition) is 4. The first-order valence-corrected chi connectivity index (χ1v) is 10.8. The molecule has 4 rings (SSSR count). The Morgan fingerprint density at radius 2 is 1.82 bits per heavy atom. The van der Waals surface area contributed by atoms with Gasteiger partial charge in [0.15, 0.2) is 0 Å². The van der Waals surface area contributed by atoms with Gasteiger partial charge in [0, 0.05) is 31.4 Å². The summed E-state index contributed by atoms with van der Waals surface area (Å²) >= 11 is 0. The number of aromatic carboxylic acids is 1. The fourth-order valence-electron chi connectivity index (χ4n) is 4.25. The summed E-state index contributed by atoms with van der Waals surface area (Å²) in [6, 6.07) is 18.9. The summed E-state index contributed by atoms with van der Waals surface area (Å²) in [5.41, 5.74) is 3.37. The van der Waals surface area contributed by atoms with Gasteiger partial charge in [-0.15, -0.1) is 0 Å². The van der Waals surface area contributed by atoms with Gasteiger partial charge in [0.1, 0.15) is 5.82 Å². The Labute approximate surface area is 192 Å². The summed E-state index contributed by atoms with van der Waals surface area (Å²) in [5, 5.41) is 12.2. The fourth-order valence-corrected chi connectivity index (χ4v) is 4.25. The number of carbonyl (C=O) groups is 2. The van der Waals surface area contributed by atoms with Crippen LogP contribution in [0, 0.1) is 12.7 Å². The van der Waals surface area contributed by atoms with Gasteiger partial charge in [-0.2, -0.15) is 0 Å². The van der Waals surface area contributed by atoms with Crippen LogP contribution in [-0.2, 0) is 0 Å². The molecule has 2 N–H and O–H groups in total. The summed E-state index contributed by atoms with van der Waals surface area (Å²) in [7, 11) is 0. The number of anilines is 3. The van der Waals surface area contributed by atoms with Gasteiger partial charge >= 0.3 is 5.97 Å². The first-order chi connectivity index (χ1) is 15.8. The maximum atomic E-state index is 14.1.